The van der Waals surface area contributed by atoms with Crippen molar-refractivity contribution in [1.82, 2.24) is 4.67 Å². The van der Waals surface area contributed by atoms with E-state index in [0.29, 0.717) is 11.3 Å². The Labute approximate surface area is 117 Å². The van der Waals surface area contributed by atoms with Crippen molar-refractivity contribution in [1.29, 1.82) is 0 Å². The van der Waals surface area contributed by atoms with Crippen LogP contribution in [0.2, 0.25) is 0 Å². The molecule has 19 heavy (non-hydrogen) atoms. The summed E-state index contributed by atoms with van der Waals surface area (Å²) in [6, 6.07) is 6.02. The lowest BCUT2D eigenvalue weighted by atomic mass is 10.2. The van der Waals surface area contributed by atoms with Crippen LogP contribution in [0.5, 0.6) is 5.75 Å². The molecule has 0 bridgehead atoms. The maximum absolute atomic E-state index is 11.8. The molecule has 1 unspecified atom stereocenters. The lowest BCUT2D eigenvalue weighted by molar-refractivity contribution is 0.0550. The third-order valence-electron chi connectivity index (χ3n) is 2.12. The number of ether oxygens (including phenoxy) is 1. The van der Waals surface area contributed by atoms with Gasteiger partial charge in [-0.3, -0.25) is 0 Å². The molecule has 0 heterocycles. The van der Waals surface area contributed by atoms with Crippen LogP contribution in [0.3, 0.4) is 0 Å². The van der Waals surface area contributed by atoms with E-state index in [1.807, 2.05) is 0 Å². The Morgan fingerprint density at radius 2 is 2.00 bits per heavy atom. The second-order valence-electron chi connectivity index (χ2n) is 3.80. The second kappa shape index (κ2) is 6.75. The number of nitrogens with zero attached hydrogens (tertiary/aromatic N) is 1. The number of carbonyl (C=O) groups excluding carboxylic acids is 1. The number of halogens is 1. The van der Waals surface area contributed by atoms with Gasteiger partial charge in [-0.1, -0.05) is 12.7 Å². The van der Waals surface area contributed by atoms with Crippen LogP contribution in [-0.4, -0.2) is 31.3 Å². The fourth-order valence-corrected chi connectivity index (χ4v) is 1.87. The Balaban J connectivity index is 2.74. The fraction of sp³-hybridized carbons (Fsp3) is 0.250. The zero-order valence-electron chi connectivity index (χ0n) is 10.7. The van der Waals surface area contributed by atoms with Crippen LogP contribution in [0.4, 0.5) is 0 Å². The van der Waals surface area contributed by atoms with Gasteiger partial charge >= 0.3 is 12.8 Å². The molecule has 0 aromatic heterocycles. The summed E-state index contributed by atoms with van der Waals surface area (Å²) >= 11 is 5.73. The van der Waals surface area contributed by atoms with Gasteiger partial charge in [0.2, 0.25) is 0 Å². The second-order valence-corrected chi connectivity index (χ2v) is 6.97. The maximum atomic E-state index is 11.8. The van der Waals surface area contributed by atoms with Crippen LogP contribution in [-0.2, 0) is 9.30 Å². The fourth-order valence-electron chi connectivity index (χ4n) is 1.08. The highest BCUT2D eigenvalue weighted by atomic mass is 35.7. The molecule has 0 N–H and O–H groups in total. The Kier molecular flexibility index (Phi) is 5.60. The quantitative estimate of drug-likeness (QED) is 0.458. The molecule has 0 saturated heterocycles. The van der Waals surface area contributed by atoms with Crippen molar-refractivity contribution in [3.8, 4) is 5.75 Å². The molecule has 0 radical (unpaired) electrons. The van der Waals surface area contributed by atoms with E-state index in [1.54, 1.807) is 14.1 Å². The lowest BCUT2D eigenvalue weighted by Crippen LogP contribution is -2.09. The minimum Gasteiger partial charge on any atom is -0.458 e. The Morgan fingerprint density at radius 3 is 2.47 bits per heavy atom. The highest BCUT2D eigenvalue weighted by molar-refractivity contribution is 7.83. The molecular weight excluding hydrogens is 289 g/mol. The lowest BCUT2D eigenvalue weighted by Gasteiger charge is -2.18. The molecule has 1 aromatic rings. The Hall–Kier alpha value is -1.29. The summed E-state index contributed by atoms with van der Waals surface area (Å²) in [5.74, 6) is -0.152. The van der Waals surface area contributed by atoms with Gasteiger partial charge in [-0.2, -0.15) is 0 Å². The van der Waals surface area contributed by atoms with Crippen LogP contribution in [0.15, 0.2) is 36.9 Å². The first-order chi connectivity index (χ1) is 8.86. The molecule has 0 fully saturated rings. The minimum absolute atomic E-state index is 0.147. The van der Waals surface area contributed by atoms with Crippen LogP contribution in [0.25, 0.3) is 0 Å². The average Bonchev–Trinajstić information content (AvgIpc) is 2.36. The van der Waals surface area contributed by atoms with Crippen molar-refractivity contribution in [2.24, 2.45) is 0 Å². The van der Waals surface area contributed by atoms with Gasteiger partial charge < -0.3 is 9.26 Å². The highest BCUT2D eigenvalue weighted by Crippen LogP contribution is 2.53. The summed E-state index contributed by atoms with van der Waals surface area (Å²) in [6.45, 7) is 0.230. The summed E-state index contributed by atoms with van der Waals surface area (Å²) < 4.78 is 23.1. The van der Waals surface area contributed by atoms with Gasteiger partial charge in [0, 0.05) is 11.2 Å². The first-order valence-corrected chi connectivity index (χ1v) is 7.90. The van der Waals surface area contributed by atoms with E-state index in [0.717, 1.165) is 0 Å². The largest absolute Gasteiger partial charge is 0.458 e. The van der Waals surface area contributed by atoms with Crippen molar-refractivity contribution >= 4 is 24.1 Å². The summed E-state index contributed by atoms with van der Waals surface area (Å²) in [4.78, 5) is 11.5. The van der Waals surface area contributed by atoms with E-state index < -0.39 is 12.8 Å². The molecule has 0 amide bonds. The summed E-state index contributed by atoms with van der Waals surface area (Å²) in [5.41, 5.74) is 0.364. The number of rotatable bonds is 6. The zero-order valence-corrected chi connectivity index (χ0v) is 12.4. The third-order valence-corrected chi connectivity index (χ3v) is 4.62. The van der Waals surface area contributed by atoms with Crippen molar-refractivity contribution in [2.45, 2.75) is 0 Å². The summed E-state index contributed by atoms with van der Waals surface area (Å²) in [5, 5.41) is 0. The molecule has 0 aliphatic carbocycles. The summed E-state index contributed by atoms with van der Waals surface area (Å²) in [6.07, 6.45) is 1.48. The van der Waals surface area contributed by atoms with E-state index in [1.165, 1.54) is 35.0 Å². The number of hydrogen-bond acceptors (Lipinski definition) is 4. The number of esters is 1. The van der Waals surface area contributed by atoms with E-state index in [-0.39, 0.29) is 6.61 Å². The topological polar surface area (TPSA) is 55.8 Å². The van der Waals surface area contributed by atoms with E-state index in [9.17, 15) is 9.36 Å². The van der Waals surface area contributed by atoms with Crippen molar-refractivity contribution in [3.63, 3.8) is 0 Å². The van der Waals surface area contributed by atoms with Crippen LogP contribution in [0, 0.1) is 0 Å². The average molecular weight is 304 g/mol. The smallest absolute Gasteiger partial charge is 0.411 e. The van der Waals surface area contributed by atoms with Gasteiger partial charge in [0.05, 0.1) is 5.56 Å². The van der Waals surface area contributed by atoms with Gasteiger partial charge in [-0.15, -0.1) is 0 Å². The molecule has 0 aliphatic heterocycles. The first-order valence-electron chi connectivity index (χ1n) is 5.42. The molecule has 0 spiro atoms. The predicted octanol–water partition coefficient (Wildman–Crippen LogP) is 3.32. The number of carbonyl (C=O) groups is 1. The highest BCUT2D eigenvalue weighted by Gasteiger charge is 2.24. The van der Waals surface area contributed by atoms with Crippen LogP contribution >= 0.6 is 18.1 Å². The minimum atomic E-state index is -3.37. The molecule has 7 heteroatoms. The standard InChI is InChI=1S/C12H15ClNO4P/c1-4-9-17-12(15)10-5-7-11(8-6-10)18-19(13,16)14(2)3/h4-8H,1,9H2,2-3H3. The predicted molar refractivity (Wildman–Crippen MR) is 74.7 cm³/mol. The monoisotopic (exact) mass is 303 g/mol. The number of benzene rings is 1. The zero-order chi connectivity index (χ0) is 14.5. The molecule has 1 aromatic carbocycles. The molecule has 1 rings (SSSR count). The summed E-state index contributed by atoms with van der Waals surface area (Å²) in [7, 11) is 3.10. The van der Waals surface area contributed by atoms with E-state index >= 15 is 0 Å². The van der Waals surface area contributed by atoms with Gasteiger partial charge in [-0.05, 0) is 38.4 Å². The first kappa shape index (κ1) is 15.8. The van der Waals surface area contributed by atoms with Crippen molar-refractivity contribution in [2.75, 3.05) is 20.7 Å². The molecule has 5 nitrogen and oxygen atoms in total. The van der Waals surface area contributed by atoms with Crippen molar-refractivity contribution in [3.05, 3.63) is 42.5 Å². The van der Waals surface area contributed by atoms with Crippen LogP contribution < -0.4 is 4.52 Å². The van der Waals surface area contributed by atoms with Gasteiger partial charge in [-0.25, -0.2) is 14.0 Å². The third kappa shape index (κ3) is 4.71. The molecular formula is C12H15ClNO4P. The normalized spacial score (nSPS) is 13.7. The number of hydrogen-bond donors (Lipinski definition) is 0. The molecule has 104 valence electrons. The van der Waals surface area contributed by atoms with E-state index in [2.05, 4.69) is 6.58 Å². The SMILES string of the molecule is C=CCOC(=O)c1ccc(OP(=O)(Cl)N(C)C)cc1. The maximum Gasteiger partial charge on any atom is 0.411 e. The van der Waals surface area contributed by atoms with Gasteiger partial charge in [0.15, 0.2) is 0 Å². The van der Waals surface area contributed by atoms with Crippen LogP contribution in [0.1, 0.15) is 10.4 Å². The van der Waals surface area contributed by atoms with Crippen molar-refractivity contribution < 1.29 is 18.6 Å². The molecule has 1 atom stereocenters. The Morgan fingerprint density at radius 1 is 1.42 bits per heavy atom. The molecule has 0 saturated carbocycles. The Bertz CT molecular complexity index is 501. The molecule has 0 aliphatic rings. The van der Waals surface area contributed by atoms with E-state index in [4.69, 9.17) is 20.5 Å². The van der Waals surface area contributed by atoms with Gasteiger partial charge in [0.25, 0.3) is 0 Å². The van der Waals surface area contributed by atoms with Gasteiger partial charge in [0.1, 0.15) is 12.4 Å².